The second-order valence-corrected chi connectivity index (χ2v) is 6.55. The van der Waals surface area contributed by atoms with Crippen molar-refractivity contribution in [2.75, 3.05) is 25.4 Å². The van der Waals surface area contributed by atoms with Crippen molar-refractivity contribution < 1.29 is 24.6 Å². The van der Waals surface area contributed by atoms with Crippen LogP contribution >= 0.6 is 11.8 Å². The fourth-order valence-corrected chi connectivity index (χ4v) is 1.80. The minimum atomic E-state index is -1.34. The molecule has 8 heteroatoms. The maximum absolute atomic E-state index is 11.6. The Kier molecular flexibility index (Phi) is 9.23. The van der Waals surface area contributed by atoms with Crippen LogP contribution in [-0.2, 0) is 14.4 Å². The number of hydrogen-bond acceptors (Lipinski definition) is 6. The number of rotatable bonds is 9. The van der Waals surface area contributed by atoms with Crippen LogP contribution in [-0.4, -0.2) is 58.7 Å². The number of carbonyl (C=O) groups excluding carboxylic acids is 3. The summed E-state index contributed by atoms with van der Waals surface area (Å²) in [4.78, 5) is 33.7. The predicted molar refractivity (Wildman–Crippen MR) is 80.6 cm³/mol. The molecule has 0 aliphatic carbocycles. The fourth-order valence-electron chi connectivity index (χ4n) is 1.31. The van der Waals surface area contributed by atoms with Crippen molar-refractivity contribution in [1.82, 2.24) is 10.6 Å². The van der Waals surface area contributed by atoms with Gasteiger partial charge < -0.3 is 20.8 Å². The number of amides is 2. The van der Waals surface area contributed by atoms with Crippen LogP contribution in [0, 0.1) is 5.41 Å². The average molecular weight is 320 g/mol. The van der Waals surface area contributed by atoms with Crippen molar-refractivity contribution in [3.05, 3.63) is 0 Å². The number of nitrogens with one attached hydrogen (secondary N) is 2. The summed E-state index contributed by atoms with van der Waals surface area (Å²) in [6.07, 6.45) is -1.25. The van der Waals surface area contributed by atoms with Crippen LogP contribution in [0.4, 0.5) is 0 Å². The van der Waals surface area contributed by atoms with E-state index in [0.29, 0.717) is 12.3 Å². The van der Waals surface area contributed by atoms with Gasteiger partial charge in [-0.3, -0.25) is 14.4 Å². The topological polar surface area (TPSA) is 116 Å². The van der Waals surface area contributed by atoms with E-state index in [4.69, 9.17) is 5.11 Å². The summed E-state index contributed by atoms with van der Waals surface area (Å²) < 4.78 is 0. The molecular weight excluding hydrogens is 296 g/mol. The summed E-state index contributed by atoms with van der Waals surface area (Å²) in [5.41, 5.74) is -0.934. The SMILES string of the molecule is CC(=O)SCCNC(=O)CCNC(=O)C(O)C(C)(C)CO. The Balaban J connectivity index is 3.85. The maximum atomic E-state index is 11.6. The molecular formula is C13H24N2O5S. The van der Waals surface area contributed by atoms with Gasteiger partial charge in [0.2, 0.25) is 11.8 Å². The third kappa shape index (κ3) is 8.69. The largest absolute Gasteiger partial charge is 0.396 e. The standard InChI is InChI=1S/C13H24N2O5S/c1-9(17)21-7-6-14-10(18)4-5-15-12(20)11(19)13(2,3)8-16/h11,16,19H,4-8H2,1-3H3,(H,14,18)(H,15,20). The highest BCUT2D eigenvalue weighted by Gasteiger charge is 2.32. The van der Waals surface area contributed by atoms with Crippen LogP contribution in [0.25, 0.3) is 0 Å². The number of thioether (sulfide) groups is 1. The quantitative estimate of drug-likeness (QED) is 0.416. The molecule has 0 aromatic heterocycles. The molecule has 0 aliphatic rings. The van der Waals surface area contributed by atoms with Gasteiger partial charge in [0.05, 0.1) is 6.61 Å². The first-order valence-corrected chi connectivity index (χ1v) is 7.66. The van der Waals surface area contributed by atoms with Crippen molar-refractivity contribution in [3.63, 3.8) is 0 Å². The summed E-state index contributed by atoms with van der Waals surface area (Å²) in [7, 11) is 0. The van der Waals surface area contributed by atoms with E-state index in [2.05, 4.69) is 10.6 Å². The number of hydrogen-bond donors (Lipinski definition) is 4. The molecule has 0 heterocycles. The summed E-state index contributed by atoms with van der Waals surface area (Å²) in [6, 6.07) is 0. The molecule has 0 spiro atoms. The highest BCUT2D eigenvalue weighted by atomic mass is 32.2. The van der Waals surface area contributed by atoms with E-state index in [1.54, 1.807) is 13.8 Å². The van der Waals surface area contributed by atoms with Crippen molar-refractivity contribution in [1.29, 1.82) is 0 Å². The lowest BCUT2D eigenvalue weighted by Crippen LogP contribution is -2.46. The third-order valence-corrected chi connectivity index (χ3v) is 3.59. The minimum absolute atomic E-state index is 0.00278. The second-order valence-electron chi connectivity index (χ2n) is 5.28. The molecule has 0 rings (SSSR count). The highest BCUT2D eigenvalue weighted by molar-refractivity contribution is 8.13. The smallest absolute Gasteiger partial charge is 0.249 e. The van der Waals surface area contributed by atoms with Gasteiger partial charge in [-0.2, -0.15) is 0 Å². The third-order valence-electron chi connectivity index (χ3n) is 2.78. The van der Waals surface area contributed by atoms with Gasteiger partial charge in [-0.15, -0.1) is 0 Å². The summed E-state index contributed by atoms with van der Waals surface area (Å²) in [6.45, 7) is 4.75. The highest BCUT2D eigenvalue weighted by Crippen LogP contribution is 2.19. The van der Waals surface area contributed by atoms with Crippen LogP contribution in [0.2, 0.25) is 0 Å². The maximum Gasteiger partial charge on any atom is 0.249 e. The first-order valence-electron chi connectivity index (χ1n) is 6.67. The molecule has 4 N–H and O–H groups in total. The predicted octanol–water partition coefficient (Wildman–Crippen LogP) is -0.732. The zero-order valence-electron chi connectivity index (χ0n) is 12.6. The normalized spacial score (nSPS) is 12.6. The van der Waals surface area contributed by atoms with E-state index < -0.39 is 17.4 Å². The molecule has 0 aromatic carbocycles. The van der Waals surface area contributed by atoms with Crippen LogP contribution in [0.1, 0.15) is 27.2 Å². The lowest BCUT2D eigenvalue weighted by molar-refractivity contribution is -0.137. The van der Waals surface area contributed by atoms with Gasteiger partial charge in [0.15, 0.2) is 5.12 Å². The Morgan fingerprint density at radius 3 is 2.33 bits per heavy atom. The molecule has 21 heavy (non-hydrogen) atoms. The molecule has 7 nitrogen and oxygen atoms in total. The van der Waals surface area contributed by atoms with Crippen LogP contribution < -0.4 is 10.6 Å². The lowest BCUT2D eigenvalue weighted by atomic mass is 9.87. The van der Waals surface area contributed by atoms with Gasteiger partial charge in [-0.25, -0.2) is 0 Å². The van der Waals surface area contributed by atoms with Gasteiger partial charge in [0.1, 0.15) is 6.10 Å². The molecule has 122 valence electrons. The van der Waals surface area contributed by atoms with E-state index in [9.17, 15) is 19.5 Å². The fraction of sp³-hybridized carbons (Fsp3) is 0.769. The van der Waals surface area contributed by atoms with Gasteiger partial charge in [0.25, 0.3) is 0 Å². The molecule has 0 saturated carbocycles. The summed E-state index contributed by atoms with van der Waals surface area (Å²) in [5, 5.41) is 23.8. The van der Waals surface area contributed by atoms with Gasteiger partial charge in [0, 0.05) is 37.6 Å². The number of carbonyl (C=O) groups is 3. The Labute approximate surface area is 128 Å². The summed E-state index contributed by atoms with van der Waals surface area (Å²) in [5.74, 6) is -0.346. The molecule has 0 radical (unpaired) electrons. The van der Waals surface area contributed by atoms with Gasteiger partial charge >= 0.3 is 0 Å². The molecule has 0 bridgehead atoms. The van der Waals surface area contributed by atoms with Crippen LogP contribution in [0.3, 0.4) is 0 Å². The van der Waals surface area contributed by atoms with Crippen LogP contribution in [0.15, 0.2) is 0 Å². The Hall–Kier alpha value is -1.12. The monoisotopic (exact) mass is 320 g/mol. The molecule has 0 aromatic rings. The molecule has 0 fully saturated rings. The van der Waals surface area contributed by atoms with Gasteiger partial charge in [-0.1, -0.05) is 25.6 Å². The van der Waals surface area contributed by atoms with Crippen molar-refractivity contribution in [3.8, 4) is 0 Å². The molecule has 1 atom stereocenters. The van der Waals surface area contributed by atoms with Gasteiger partial charge in [-0.05, 0) is 0 Å². The molecule has 0 aliphatic heterocycles. The van der Waals surface area contributed by atoms with E-state index in [1.165, 1.54) is 6.92 Å². The zero-order chi connectivity index (χ0) is 16.5. The number of aliphatic hydroxyl groups is 2. The number of aliphatic hydroxyl groups excluding tert-OH is 2. The first-order chi connectivity index (χ1) is 9.70. The van der Waals surface area contributed by atoms with Crippen molar-refractivity contribution in [2.24, 2.45) is 5.41 Å². The average Bonchev–Trinajstić information content (AvgIpc) is 2.42. The van der Waals surface area contributed by atoms with Crippen molar-refractivity contribution in [2.45, 2.75) is 33.3 Å². The molecule has 0 saturated heterocycles. The first kappa shape index (κ1) is 19.9. The Morgan fingerprint density at radius 1 is 1.19 bits per heavy atom. The van der Waals surface area contributed by atoms with E-state index in [1.807, 2.05) is 0 Å². The minimum Gasteiger partial charge on any atom is -0.396 e. The lowest BCUT2D eigenvalue weighted by Gasteiger charge is -2.27. The Morgan fingerprint density at radius 2 is 1.81 bits per heavy atom. The van der Waals surface area contributed by atoms with E-state index in [0.717, 1.165) is 11.8 Å². The molecule has 2 amide bonds. The molecule has 1 unspecified atom stereocenters. The van der Waals surface area contributed by atoms with E-state index >= 15 is 0 Å². The zero-order valence-corrected chi connectivity index (χ0v) is 13.5. The van der Waals surface area contributed by atoms with Crippen molar-refractivity contribution >= 4 is 28.7 Å². The summed E-state index contributed by atoms with van der Waals surface area (Å²) >= 11 is 1.13. The Bertz CT molecular complexity index is 374. The second kappa shape index (κ2) is 9.75. The van der Waals surface area contributed by atoms with E-state index in [-0.39, 0.29) is 30.6 Å². The van der Waals surface area contributed by atoms with Crippen LogP contribution in [0.5, 0.6) is 0 Å².